The Balaban J connectivity index is 1.27. The highest BCUT2D eigenvalue weighted by Gasteiger charge is 2.37. The molecule has 0 spiro atoms. The number of benzene rings is 2. The number of aryl methyl sites for hydroxylation is 1. The summed E-state index contributed by atoms with van der Waals surface area (Å²) in [6, 6.07) is 24.0. The van der Waals surface area contributed by atoms with E-state index in [0.29, 0.717) is 37.3 Å². The molecule has 5 heteroatoms. The lowest BCUT2D eigenvalue weighted by Gasteiger charge is -2.39. The van der Waals surface area contributed by atoms with Gasteiger partial charge in [0.25, 0.3) is 0 Å². The van der Waals surface area contributed by atoms with Crippen LogP contribution >= 0.6 is 0 Å². The van der Waals surface area contributed by atoms with E-state index in [1.54, 1.807) is 6.20 Å². The number of amides is 1. The number of hydrogen-bond donors (Lipinski definition) is 1. The minimum absolute atomic E-state index is 0.155. The third-order valence-electron chi connectivity index (χ3n) is 6.66. The number of rotatable bonds is 8. The van der Waals surface area contributed by atoms with Crippen LogP contribution in [-0.2, 0) is 23.4 Å². The molecule has 1 aromatic heterocycles. The maximum Gasteiger partial charge on any atom is 0.222 e. The Kier molecular flexibility index (Phi) is 7.40. The fourth-order valence-electron chi connectivity index (χ4n) is 4.48. The molecule has 0 unspecified atom stereocenters. The molecule has 1 heterocycles. The number of ether oxygens (including phenoxy) is 1. The first-order chi connectivity index (χ1) is 16.0. The highest BCUT2D eigenvalue weighted by atomic mass is 16.5. The highest BCUT2D eigenvalue weighted by molar-refractivity contribution is 5.76. The molecule has 2 aromatic carbocycles. The standard InChI is InChI=1S/C28H32N2O3/c1-30(27(31)15-12-22-8-4-2-5-9-22)24-16-18-28(32,19-17-24)26-14-13-25(20-29-26)33-21-23-10-6-3-7-11-23/h2-11,13-14,20,24,32H,12,15-19,21H2,1H3/t24-,28+. The van der Waals surface area contributed by atoms with E-state index < -0.39 is 5.60 Å². The molecule has 1 aliphatic carbocycles. The number of aromatic nitrogens is 1. The summed E-state index contributed by atoms with van der Waals surface area (Å²) in [5.41, 5.74) is 1.99. The molecular weight excluding hydrogens is 412 g/mol. The second-order valence-electron chi connectivity index (χ2n) is 8.91. The van der Waals surface area contributed by atoms with Gasteiger partial charge in [-0.1, -0.05) is 60.7 Å². The van der Waals surface area contributed by atoms with E-state index in [0.717, 1.165) is 24.8 Å². The van der Waals surface area contributed by atoms with Crippen LogP contribution in [-0.4, -0.2) is 34.0 Å². The van der Waals surface area contributed by atoms with E-state index in [4.69, 9.17) is 4.74 Å². The van der Waals surface area contributed by atoms with Crippen LogP contribution in [0, 0.1) is 0 Å². The van der Waals surface area contributed by atoms with Gasteiger partial charge >= 0.3 is 0 Å². The number of pyridine rings is 1. The lowest BCUT2D eigenvalue weighted by atomic mass is 9.79. The van der Waals surface area contributed by atoms with Gasteiger partial charge in [-0.25, -0.2) is 0 Å². The second kappa shape index (κ2) is 10.6. The van der Waals surface area contributed by atoms with Crippen molar-refractivity contribution in [1.82, 2.24) is 9.88 Å². The molecule has 1 N–H and O–H groups in total. The summed E-state index contributed by atoms with van der Waals surface area (Å²) in [7, 11) is 1.89. The maximum absolute atomic E-state index is 12.7. The molecule has 0 bridgehead atoms. The van der Waals surface area contributed by atoms with Crippen LogP contribution in [0.15, 0.2) is 79.0 Å². The molecule has 33 heavy (non-hydrogen) atoms. The number of carbonyl (C=O) groups is 1. The van der Waals surface area contributed by atoms with Crippen molar-refractivity contribution < 1.29 is 14.6 Å². The van der Waals surface area contributed by atoms with Gasteiger partial charge in [0.1, 0.15) is 18.0 Å². The number of nitrogens with zero attached hydrogens (tertiary/aromatic N) is 2. The lowest BCUT2D eigenvalue weighted by Crippen LogP contribution is -2.43. The van der Waals surface area contributed by atoms with Crippen molar-refractivity contribution in [3.63, 3.8) is 0 Å². The Morgan fingerprint density at radius 1 is 1.00 bits per heavy atom. The van der Waals surface area contributed by atoms with Crippen LogP contribution < -0.4 is 4.74 Å². The Hall–Kier alpha value is -3.18. The van der Waals surface area contributed by atoms with Crippen LogP contribution in [0.2, 0.25) is 0 Å². The smallest absolute Gasteiger partial charge is 0.222 e. The van der Waals surface area contributed by atoms with Crippen LogP contribution in [0.25, 0.3) is 0 Å². The minimum Gasteiger partial charge on any atom is -0.487 e. The Labute approximate surface area is 196 Å². The Bertz CT molecular complexity index is 1010. The first-order valence-electron chi connectivity index (χ1n) is 11.7. The van der Waals surface area contributed by atoms with E-state index in [-0.39, 0.29) is 11.9 Å². The van der Waals surface area contributed by atoms with Gasteiger partial charge in [0.15, 0.2) is 0 Å². The van der Waals surface area contributed by atoms with Gasteiger partial charge in [0.2, 0.25) is 5.91 Å². The molecule has 4 rings (SSSR count). The molecule has 0 saturated heterocycles. The van der Waals surface area contributed by atoms with Crippen molar-refractivity contribution in [1.29, 1.82) is 0 Å². The van der Waals surface area contributed by atoms with Gasteiger partial charge in [-0.05, 0) is 55.4 Å². The molecule has 172 valence electrons. The zero-order valence-electron chi connectivity index (χ0n) is 19.2. The molecule has 0 aliphatic heterocycles. The summed E-state index contributed by atoms with van der Waals surface area (Å²) in [4.78, 5) is 19.1. The summed E-state index contributed by atoms with van der Waals surface area (Å²) in [6.07, 6.45) is 5.64. The molecule has 0 radical (unpaired) electrons. The molecule has 5 nitrogen and oxygen atoms in total. The van der Waals surface area contributed by atoms with Gasteiger partial charge in [-0.15, -0.1) is 0 Å². The summed E-state index contributed by atoms with van der Waals surface area (Å²) < 4.78 is 5.81. The van der Waals surface area contributed by atoms with Crippen LogP contribution in [0.3, 0.4) is 0 Å². The number of carbonyl (C=O) groups excluding carboxylic acids is 1. The van der Waals surface area contributed by atoms with Crippen LogP contribution in [0.4, 0.5) is 0 Å². The average molecular weight is 445 g/mol. The fourth-order valence-corrected chi connectivity index (χ4v) is 4.48. The molecule has 1 amide bonds. The predicted molar refractivity (Wildman–Crippen MR) is 129 cm³/mol. The van der Waals surface area contributed by atoms with Crippen molar-refractivity contribution in [3.8, 4) is 5.75 Å². The van der Waals surface area contributed by atoms with Crippen LogP contribution in [0.1, 0.15) is 48.9 Å². The van der Waals surface area contributed by atoms with E-state index in [1.807, 2.05) is 72.6 Å². The molecule has 1 aliphatic rings. The molecule has 1 saturated carbocycles. The first-order valence-corrected chi connectivity index (χ1v) is 11.7. The highest BCUT2D eigenvalue weighted by Crippen LogP contribution is 2.38. The first kappa shape index (κ1) is 23.0. The minimum atomic E-state index is -0.956. The summed E-state index contributed by atoms with van der Waals surface area (Å²) in [6.45, 7) is 0.485. The molecular formula is C28H32N2O3. The van der Waals surface area contributed by atoms with Crippen molar-refractivity contribution in [3.05, 3.63) is 95.8 Å². The largest absolute Gasteiger partial charge is 0.487 e. The van der Waals surface area contributed by atoms with E-state index in [2.05, 4.69) is 17.1 Å². The monoisotopic (exact) mass is 444 g/mol. The van der Waals surface area contributed by atoms with Crippen molar-refractivity contribution >= 4 is 5.91 Å². The SMILES string of the molecule is CN(C(=O)CCc1ccccc1)[C@H]1CC[C@](O)(c2ccc(OCc3ccccc3)cn2)CC1. The Morgan fingerprint density at radius 3 is 2.24 bits per heavy atom. The van der Waals surface area contributed by atoms with Gasteiger partial charge in [0, 0.05) is 19.5 Å². The molecule has 3 aromatic rings. The van der Waals surface area contributed by atoms with Gasteiger partial charge in [-0.3, -0.25) is 9.78 Å². The topological polar surface area (TPSA) is 62.7 Å². The van der Waals surface area contributed by atoms with E-state index >= 15 is 0 Å². The van der Waals surface area contributed by atoms with Crippen molar-refractivity contribution in [2.45, 2.75) is 56.8 Å². The quantitative estimate of drug-likeness (QED) is 0.538. The van der Waals surface area contributed by atoms with Crippen molar-refractivity contribution in [2.75, 3.05) is 7.05 Å². The normalized spacial score (nSPS) is 20.2. The fraction of sp³-hybridized carbons (Fsp3) is 0.357. The average Bonchev–Trinajstić information content (AvgIpc) is 2.87. The van der Waals surface area contributed by atoms with Gasteiger partial charge < -0.3 is 14.7 Å². The zero-order chi connectivity index (χ0) is 23.1. The van der Waals surface area contributed by atoms with E-state index in [9.17, 15) is 9.90 Å². The second-order valence-corrected chi connectivity index (χ2v) is 8.91. The summed E-state index contributed by atoms with van der Waals surface area (Å²) in [5.74, 6) is 0.843. The molecule has 0 atom stereocenters. The van der Waals surface area contributed by atoms with Crippen molar-refractivity contribution in [2.24, 2.45) is 0 Å². The Morgan fingerprint density at radius 2 is 1.64 bits per heavy atom. The zero-order valence-corrected chi connectivity index (χ0v) is 19.2. The lowest BCUT2D eigenvalue weighted by molar-refractivity contribution is -0.134. The number of aliphatic hydroxyl groups is 1. The van der Waals surface area contributed by atoms with Gasteiger partial charge in [-0.2, -0.15) is 0 Å². The maximum atomic E-state index is 12.7. The predicted octanol–water partition coefficient (Wildman–Crippen LogP) is 4.88. The molecule has 1 fully saturated rings. The summed E-state index contributed by atoms with van der Waals surface area (Å²) in [5, 5.41) is 11.2. The third kappa shape index (κ3) is 5.99. The summed E-state index contributed by atoms with van der Waals surface area (Å²) >= 11 is 0. The van der Waals surface area contributed by atoms with Crippen LogP contribution in [0.5, 0.6) is 5.75 Å². The van der Waals surface area contributed by atoms with E-state index in [1.165, 1.54) is 5.56 Å². The van der Waals surface area contributed by atoms with Gasteiger partial charge in [0.05, 0.1) is 11.9 Å². The number of hydrogen-bond acceptors (Lipinski definition) is 4. The third-order valence-corrected chi connectivity index (χ3v) is 6.66.